The van der Waals surface area contributed by atoms with Crippen LogP contribution in [-0.2, 0) is 0 Å². The van der Waals surface area contributed by atoms with Crippen LogP contribution in [0.5, 0.6) is 5.88 Å². The maximum absolute atomic E-state index is 12.2. The quantitative estimate of drug-likeness (QED) is 0.700. The van der Waals surface area contributed by atoms with Crippen LogP contribution in [0.2, 0.25) is 0 Å². The number of nitrogens with one attached hydrogen (secondary N) is 2. The van der Waals surface area contributed by atoms with Crippen molar-refractivity contribution < 1.29 is 4.74 Å². The molecular weight excluding hydrogens is 352 g/mol. The molecule has 8 heteroatoms. The van der Waals surface area contributed by atoms with Gasteiger partial charge in [0.2, 0.25) is 11.8 Å². The summed E-state index contributed by atoms with van der Waals surface area (Å²) in [5, 5.41) is 9.39. The minimum atomic E-state index is -0.732. The third-order valence-corrected chi connectivity index (χ3v) is 4.06. The molecule has 1 atom stereocenters. The average Bonchev–Trinajstić information content (AvgIpc) is 2.46. The summed E-state index contributed by atoms with van der Waals surface area (Å²) in [5.41, 5.74) is 5.35. The maximum Gasteiger partial charge on any atom is 0.328 e. The van der Waals surface area contributed by atoms with E-state index in [0.717, 1.165) is 0 Å². The van der Waals surface area contributed by atoms with Crippen LogP contribution in [0.15, 0.2) is 49.8 Å². The molecular formula is C14H9BrN4O3. The molecule has 1 aliphatic heterocycles. The van der Waals surface area contributed by atoms with E-state index in [1.165, 1.54) is 0 Å². The van der Waals surface area contributed by atoms with Crippen molar-refractivity contribution in [2.24, 2.45) is 5.73 Å². The lowest BCUT2D eigenvalue weighted by Gasteiger charge is -2.25. The van der Waals surface area contributed by atoms with Crippen LogP contribution >= 0.6 is 15.9 Å². The Kier molecular flexibility index (Phi) is 3.35. The number of benzene rings is 1. The Morgan fingerprint density at radius 1 is 1.27 bits per heavy atom. The van der Waals surface area contributed by atoms with Gasteiger partial charge in [-0.3, -0.25) is 14.8 Å². The molecule has 4 N–H and O–H groups in total. The molecule has 1 aliphatic rings. The summed E-state index contributed by atoms with van der Waals surface area (Å²) in [6.07, 6.45) is 0. The van der Waals surface area contributed by atoms with Gasteiger partial charge < -0.3 is 10.5 Å². The molecule has 1 unspecified atom stereocenters. The van der Waals surface area contributed by atoms with Crippen molar-refractivity contribution in [2.75, 3.05) is 0 Å². The first-order chi connectivity index (χ1) is 10.5. The predicted octanol–water partition coefficient (Wildman–Crippen LogP) is 1.04. The van der Waals surface area contributed by atoms with Crippen LogP contribution in [0.3, 0.4) is 0 Å². The van der Waals surface area contributed by atoms with Crippen molar-refractivity contribution in [3.63, 3.8) is 0 Å². The lowest BCUT2D eigenvalue weighted by molar-refractivity contribution is 0.373. The first-order valence-corrected chi connectivity index (χ1v) is 7.00. The van der Waals surface area contributed by atoms with Gasteiger partial charge in [-0.1, -0.05) is 34.1 Å². The third-order valence-electron chi connectivity index (χ3n) is 3.33. The summed E-state index contributed by atoms with van der Waals surface area (Å²) in [6, 6.07) is 9.11. The molecule has 1 aromatic carbocycles. The molecule has 0 fully saturated rings. The predicted molar refractivity (Wildman–Crippen MR) is 81.1 cm³/mol. The smallest absolute Gasteiger partial charge is 0.328 e. The molecule has 1 aromatic heterocycles. The second-order valence-corrected chi connectivity index (χ2v) is 5.45. The number of aromatic nitrogens is 2. The molecule has 2 aromatic rings. The zero-order chi connectivity index (χ0) is 15.9. The minimum absolute atomic E-state index is 0.0500. The summed E-state index contributed by atoms with van der Waals surface area (Å²) in [7, 11) is 0. The molecule has 0 radical (unpaired) electrons. The number of H-pyrrole nitrogens is 2. The number of nitrogens with two attached hydrogens (primary N) is 1. The second kappa shape index (κ2) is 5.20. The lowest BCUT2D eigenvalue weighted by Crippen LogP contribution is -2.33. The third kappa shape index (κ3) is 2.12. The molecule has 2 heterocycles. The minimum Gasteiger partial charge on any atom is -0.424 e. The van der Waals surface area contributed by atoms with Crippen LogP contribution in [0.4, 0.5) is 0 Å². The summed E-state index contributed by atoms with van der Waals surface area (Å²) < 4.78 is 5.94. The van der Waals surface area contributed by atoms with Crippen molar-refractivity contribution in [2.45, 2.75) is 5.92 Å². The highest BCUT2D eigenvalue weighted by Gasteiger charge is 2.34. The number of nitriles is 1. The van der Waals surface area contributed by atoms with E-state index in [-0.39, 0.29) is 22.9 Å². The lowest BCUT2D eigenvalue weighted by atomic mass is 9.85. The van der Waals surface area contributed by atoms with Crippen molar-refractivity contribution in [3.8, 4) is 11.9 Å². The van der Waals surface area contributed by atoms with Crippen molar-refractivity contribution in [1.82, 2.24) is 9.97 Å². The summed E-state index contributed by atoms with van der Waals surface area (Å²) in [5.74, 6) is -0.923. The van der Waals surface area contributed by atoms with Gasteiger partial charge in [0, 0.05) is 4.47 Å². The monoisotopic (exact) mass is 360 g/mol. The number of halogens is 1. The Balaban J connectivity index is 2.38. The standard InChI is InChI=1S/C14H9BrN4O3/c15-8-4-2-1-3-6(8)9-7(5-16)11(17)22-13-10(9)12(20)18-14(21)19-13/h1-4,9H,17H2,(H2,18,19,20,21). The Bertz CT molecular complexity index is 952. The highest BCUT2D eigenvalue weighted by molar-refractivity contribution is 9.10. The largest absolute Gasteiger partial charge is 0.424 e. The van der Waals surface area contributed by atoms with Gasteiger partial charge in [0.1, 0.15) is 11.6 Å². The van der Waals surface area contributed by atoms with E-state index < -0.39 is 17.2 Å². The van der Waals surface area contributed by atoms with Gasteiger partial charge in [-0.2, -0.15) is 5.26 Å². The highest BCUT2D eigenvalue weighted by atomic mass is 79.9. The number of aromatic amines is 2. The van der Waals surface area contributed by atoms with Gasteiger partial charge in [-0.15, -0.1) is 0 Å². The number of fused-ring (bicyclic) bond motifs is 1. The van der Waals surface area contributed by atoms with Crippen molar-refractivity contribution in [1.29, 1.82) is 5.26 Å². The van der Waals surface area contributed by atoms with E-state index >= 15 is 0 Å². The fourth-order valence-electron chi connectivity index (χ4n) is 2.41. The topological polar surface area (TPSA) is 125 Å². The zero-order valence-electron chi connectivity index (χ0n) is 11.0. The fourth-order valence-corrected chi connectivity index (χ4v) is 2.92. The van der Waals surface area contributed by atoms with Crippen LogP contribution in [0.1, 0.15) is 17.0 Å². The maximum atomic E-state index is 12.2. The van der Waals surface area contributed by atoms with E-state index in [1.807, 2.05) is 12.1 Å². The van der Waals surface area contributed by atoms with Crippen LogP contribution in [0.25, 0.3) is 0 Å². The molecule has 3 rings (SSSR count). The van der Waals surface area contributed by atoms with Crippen LogP contribution < -0.4 is 21.7 Å². The average molecular weight is 361 g/mol. The van der Waals surface area contributed by atoms with Crippen LogP contribution in [0, 0.1) is 11.3 Å². The first kappa shape index (κ1) is 14.2. The Labute approximate surface area is 132 Å². The molecule has 22 heavy (non-hydrogen) atoms. The SMILES string of the molecule is N#CC1=C(N)Oc2[nH]c(=O)[nH]c(=O)c2C1c1ccccc1Br. The molecule has 0 saturated carbocycles. The summed E-state index contributed by atoms with van der Waals surface area (Å²) in [6.45, 7) is 0. The van der Waals surface area contributed by atoms with E-state index in [9.17, 15) is 14.9 Å². The fraction of sp³-hybridized carbons (Fsp3) is 0.0714. The summed E-state index contributed by atoms with van der Waals surface area (Å²) >= 11 is 3.40. The molecule has 0 saturated heterocycles. The first-order valence-electron chi connectivity index (χ1n) is 6.21. The van der Waals surface area contributed by atoms with Crippen molar-refractivity contribution in [3.05, 3.63) is 72.2 Å². The van der Waals surface area contributed by atoms with Gasteiger partial charge in [0.05, 0.1) is 11.5 Å². The Morgan fingerprint density at radius 3 is 2.68 bits per heavy atom. The number of nitrogens with zero attached hydrogens (tertiary/aromatic N) is 1. The Hall–Kier alpha value is -2.79. The van der Waals surface area contributed by atoms with Gasteiger partial charge in [-0.25, -0.2) is 4.79 Å². The number of ether oxygens (including phenoxy) is 1. The molecule has 0 amide bonds. The second-order valence-electron chi connectivity index (χ2n) is 4.60. The molecule has 7 nitrogen and oxygen atoms in total. The van der Waals surface area contributed by atoms with Gasteiger partial charge in [-0.05, 0) is 11.6 Å². The van der Waals surface area contributed by atoms with Gasteiger partial charge in [0.15, 0.2) is 0 Å². The Morgan fingerprint density at radius 2 is 2.00 bits per heavy atom. The molecule has 0 spiro atoms. The van der Waals surface area contributed by atoms with Gasteiger partial charge in [0.25, 0.3) is 5.56 Å². The summed E-state index contributed by atoms with van der Waals surface area (Å²) in [4.78, 5) is 28.1. The zero-order valence-corrected chi connectivity index (χ0v) is 12.6. The van der Waals surface area contributed by atoms with E-state index in [1.54, 1.807) is 18.2 Å². The number of hydrogen-bond donors (Lipinski definition) is 3. The molecule has 0 bridgehead atoms. The van der Waals surface area contributed by atoms with Crippen molar-refractivity contribution >= 4 is 15.9 Å². The van der Waals surface area contributed by atoms with Crippen LogP contribution in [-0.4, -0.2) is 9.97 Å². The molecule has 0 aliphatic carbocycles. The van der Waals surface area contributed by atoms with E-state index in [4.69, 9.17) is 10.5 Å². The normalized spacial score (nSPS) is 16.6. The van der Waals surface area contributed by atoms with E-state index in [2.05, 4.69) is 25.9 Å². The number of hydrogen-bond acceptors (Lipinski definition) is 5. The number of rotatable bonds is 1. The van der Waals surface area contributed by atoms with Gasteiger partial charge >= 0.3 is 5.69 Å². The van der Waals surface area contributed by atoms with E-state index in [0.29, 0.717) is 10.0 Å². The number of allylic oxidation sites excluding steroid dienone is 1. The highest BCUT2D eigenvalue weighted by Crippen LogP contribution is 2.40. The molecule has 110 valence electrons.